The molecule has 1 aromatic carbocycles. The molecule has 0 amide bonds. The summed E-state index contributed by atoms with van der Waals surface area (Å²) in [6, 6.07) is 6.54. The largest absolute Gasteiger partial charge is 0.508 e. The first-order valence-corrected chi connectivity index (χ1v) is 12.6. The van der Waals surface area contributed by atoms with E-state index in [0.29, 0.717) is 5.75 Å². The summed E-state index contributed by atoms with van der Waals surface area (Å²) in [7, 11) is -1.53. The number of hydrogen-bond donors (Lipinski definition) is 1. The molecule has 0 aliphatic carbocycles. The van der Waals surface area contributed by atoms with E-state index in [4.69, 9.17) is 0 Å². The predicted molar refractivity (Wildman–Crippen MR) is 103 cm³/mol. The zero-order valence-electron chi connectivity index (χ0n) is 14.7. The van der Waals surface area contributed by atoms with E-state index in [1.54, 1.807) is 0 Å². The average Bonchev–Trinajstić information content (AvgIpc) is 2.52. The fraction of sp³-hybridized carbons (Fsp3) is 0.667. The number of phenolic OH excluding ortho intramolecular Hbond substituents is 1. The van der Waals surface area contributed by atoms with Gasteiger partial charge in [0.1, 0.15) is 5.75 Å². The zero-order valence-corrected chi connectivity index (χ0v) is 16.4. The molecule has 0 saturated heterocycles. The molecule has 0 radical (unpaired) electrons. The Morgan fingerprint density at radius 1 is 0.619 bits per heavy atom. The van der Waals surface area contributed by atoms with Crippen molar-refractivity contribution in [2.45, 2.75) is 51.3 Å². The third-order valence-corrected chi connectivity index (χ3v) is 14.3. The molecule has 0 aliphatic rings. The van der Waals surface area contributed by atoms with Crippen molar-refractivity contribution >= 4 is 20.1 Å². The van der Waals surface area contributed by atoms with Gasteiger partial charge in [0.15, 0.2) is 0 Å². The first kappa shape index (κ1) is 18.8. The summed E-state index contributed by atoms with van der Waals surface area (Å²) in [6.45, 7) is 13.9. The predicted octanol–water partition coefficient (Wildman–Crippen LogP) is 5.84. The van der Waals surface area contributed by atoms with Crippen LogP contribution in [0.3, 0.4) is 0 Å². The van der Waals surface area contributed by atoms with Crippen molar-refractivity contribution in [3.05, 3.63) is 18.2 Å². The van der Waals surface area contributed by atoms with E-state index in [1.807, 2.05) is 12.1 Å². The minimum atomic E-state index is -0.766. The maximum absolute atomic E-state index is 10.3. The summed E-state index contributed by atoms with van der Waals surface area (Å²) in [5.74, 6) is 7.78. The molecular weight excluding hydrogens is 296 g/mol. The van der Waals surface area contributed by atoms with Gasteiger partial charge < -0.3 is 5.11 Å². The van der Waals surface area contributed by atoms with Crippen LogP contribution in [0.4, 0.5) is 0 Å². The van der Waals surface area contributed by atoms with E-state index >= 15 is 0 Å². The molecule has 0 saturated carbocycles. The van der Waals surface area contributed by atoms with Crippen LogP contribution >= 0.6 is 20.1 Å². The highest BCUT2D eigenvalue weighted by atomic mass is 32.3. The Morgan fingerprint density at radius 2 is 0.905 bits per heavy atom. The molecule has 1 aromatic rings. The quantitative estimate of drug-likeness (QED) is 0.635. The van der Waals surface area contributed by atoms with Crippen LogP contribution in [-0.4, -0.2) is 39.6 Å². The van der Waals surface area contributed by atoms with Crippen LogP contribution in [0, 0.1) is 0 Å². The van der Waals surface area contributed by atoms with Gasteiger partial charge >= 0.3 is 0 Å². The maximum Gasteiger partial charge on any atom is 0.117 e. The van der Waals surface area contributed by atoms with Crippen LogP contribution < -0.4 is 0 Å². The van der Waals surface area contributed by atoms with Crippen molar-refractivity contribution in [3.63, 3.8) is 0 Å². The van der Waals surface area contributed by atoms with Crippen LogP contribution in [0.25, 0.3) is 0 Å². The Labute approximate surface area is 135 Å². The first-order chi connectivity index (χ1) is 9.97. The van der Waals surface area contributed by atoms with Gasteiger partial charge in [0.2, 0.25) is 0 Å². The topological polar surface area (TPSA) is 20.2 Å². The Balaban J connectivity index is 3.46. The van der Waals surface area contributed by atoms with Gasteiger partial charge in [-0.1, -0.05) is 41.5 Å². The van der Waals surface area contributed by atoms with E-state index in [9.17, 15) is 5.11 Å². The Bertz CT molecular complexity index is 394. The maximum atomic E-state index is 10.3. The molecule has 0 fully saturated rings. The van der Waals surface area contributed by atoms with Crippen LogP contribution in [-0.2, 0) is 0 Å². The highest BCUT2D eigenvalue weighted by Crippen LogP contribution is 2.60. The van der Waals surface area contributed by atoms with Gasteiger partial charge in [0, 0.05) is 0 Å². The summed E-state index contributed by atoms with van der Waals surface area (Å²) in [5, 5.41) is 10.3. The number of rotatable bonds is 8. The summed E-state index contributed by atoms with van der Waals surface area (Å²) >= 11 is 0. The fourth-order valence-electron chi connectivity index (χ4n) is 3.28. The van der Waals surface area contributed by atoms with E-state index < -0.39 is 20.1 Å². The first-order valence-electron chi connectivity index (χ1n) is 8.34. The molecule has 1 rings (SSSR count). The molecule has 0 aromatic heterocycles. The Kier molecular flexibility index (Phi) is 6.99. The van der Waals surface area contributed by atoms with Crippen molar-refractivity contribution in [2.24, 2.45) is 0 Å². The van der Waals surface area contributed by atoms with Gasteiger partial charge in [-0.2, -0.15) is 0 Å². The Morgan fingerprint density at radius 3 is 1.14 bits per heavy atom. The van der Waals surface area contributed by atoms with Gasteiger partial charge in [0.25, 0.3) is 0 Å². The smallest absolute Gasteiger partial charge is 0.117 e. The number of phenols is 1. The molecule has 0 unspecified atom stereocenters. The van der Waals surface area contributed by atoms with Crippen molar-refractivity contribution in [3.8, 4) is 5.75 Å². The second-order valence-corrected chi connectivity index (χ2v) is 14.1. The van der Waals surface area contributed by atoms with Crippen LogP contribution in [0.2, 0.25) is 0 Å². The van der Waals surface area contributed by atoms with Gasteiger partial charge in [-0.15, -0.1) is 0 Å². The van der Waals surface area contributed by atoms with E-state index in [-0.39, 0.29) is 0 Å². The summed E-state index contributed by atoms with van der Waals surface area (Å²) in [6.07, 6.45) is 0. The summed E-state index contributed by atoms with van der Waals surface area (Å²) < 4.78 is 0. The molecule has 1 nitrogen and oxygen atoms in total. The lowest BCUT2D eigenvalue weighted by atomic mass is 10.3. The van der Waals surface area contributed by atoms with Crippen molar-refractivity contribution in [1.82, 2.24) is 0 Å². The molecular formula is C18H34OS2. The van der Waals surface area contributed by atoms with Gasteiger partial charge in [0.05, 0.1) is 0 Å². The minimum Gasteiger partial charge on any atom is -0.508 e. The minimum absolute atomic E-state index is 0.474. The van der Waals surface area contributed by atoms with E-state index in [2.05, 4.69) is 47.6 Å². The molecule has 0 spiro atoms. The lowest BCUT2D eigenvalue weighted by Crippen LogP contribution is -2.13. The number of benzene rings is 1. The monoisotopic (exact) mass is 330 g/mol. The molecule has 1 N–H and O–H groups in total. The van der Waals surface area contributed by atoms with Gasteiger partial charge in [-0.05, 0) is 62.5 Å². The number of aromatic hydroxyl groups is 1. The lowest BCUT2D eigenvalue weighted by molar-refractivity contribution is 0.472. The van der Waals surface area contributed by atoms with E-state index in [0.717, 1.165) is 0 Å². The Hall–Kier alpha value is -0.280. The third-order valence-electron chi connectivity index (χ3n) is 5.18. The third kappa shape index (κ3) is 3.56. The summed E-state index contributed by atoms with van der Waals surface area (Å²) in [4.78, 5) is 2.86. The molecule has 0 aliphatic heterocycles. The van der Waals surface area contributed by atoms with Crippen molar-refractivity contribution in [2.75, 3.05) is 34.5 Å². The van der Waals surface area contributed by atoms with Crippen molar-refractivity contribution < 1.29 is 5.11 Å². The molecule has 0 atom stereocenters. The number of hydrogen-bond acceptors (Lipinski definition) is 1. The van der Waals surface area contributed by atoms with Gasteiger partial charge in [-0.25, -0.2) is 20.1 Å². The van der Waals surface area contributed by atoms with Crippen LogP contribution in [0.15, 0.2) is 28.0 Å². The van der Waals surface area contributed by atoms with Gasteiger partial charge in [-0.3, -0.25) is 0 Å². The summed E-state index contributed by atoms with van der Waals surface area (Å²) in [5.41, 5.74) is 0. The zero-order chi connectivity index (χ0) is 16.1. The fourth-order valence-corrected chi connectivity index (χ4v) is 9.30. The van der Waals surface area contributed by atoms with Crippen LogP contribution in [0.5, 0.6) is 5.75 Å². The van der Waals surface area contributed by atoms with Crippen molar-refractivity contribution in [1.29, 1.82) is 0 Å². The van der Waals surface area contributed by atoms with Crippen LogP contribution in [0.1, 0.15) is 41.5 Å². The standard InChI is InChI=1S/C18H34OS2/c1-7-20(8-2,9-3)17-13-16(19)14-18(15-17)21(10-4,11-5)12-6/h13-15,19H,7-12H2,1-6H3. The highest BCUT2D eigenvalue weighted by Gasteiger charge is 2.26. The van der Waals surface area contributed by atoms with E-state index in [1.165, 1.54) is 44.3 Å². The molecule has 3 heteroatoms. The SMILES string of the molecule is CCS(CC)(CC)c1cc(O)cc(S(CC)(CC)CC)c1. The molecule has 21 heavy (non-hydrogen) atoms. The molecule has 0 heterocycles. The average molecular weight is 331 g/mol. The normalized spacial score (nSPS) is 14.2. The lowest BCUT2D eigenvalue weighted by Gasteiger charge is -2.42. The second-order valence-electron chi connectivity index (χ2n) is 5.49. The molecule has 0 bridgehead atoms. The molecule has 124 valence electrons. The second kappa shape index (κ2) is 7.82. The highest BCUT2D eigenvalue weighted by molar-refractivity contribution is 8.34.